The molecule has 148 valence electrons. The van der Waals surface area contributed by atoms with Crippen LogP contribution in [0.25, 0.3) is 0 Å². The number of methoxy groups -OCH3 is 1. The van der Waals surface area contributed by atoms with E-state index >= 15 is 0 Å². The number of nitrogens with zero attached hydrogens (tertiary/aromatic N) is 2. The number of amides is 1. The molecule has 2 aliphatic heterocycles. The molecule has 2 aliphatic rings. The fourth-order valence-electron chi connectivity index (χ4n) is 4.19. The van der Waals surface area contributed by atoms with Crippen LogP contribution in [0.4, 0.5) is 0 Å². The predicted octanol–water partition coefficient (Wildman–Crippen LogP) is 3.20. The maximum absolute atomic E-state index is 12.9. The Morgan fingerprint density at radius 1 is 1.04 bits per heavy atom. The second-order valence-corrected chi connectivity index (χ2v) is 7.57. The van der Waals surface area contributed by atoms with Crippen molar-refractivity contribution >= 4 is 5.91 Å². The molecule has 0 spiro atoms. The van der Waals surface area contributed by atoms with Crippen LogP contribution in [0.15, 0.2) is 54.6 Å². The van der Waals surface area contributed by atoms with Crippen LogP contribution in [-0.2, 0) is 11.3 Å². The molecule has 2 fully saturated rings. The van der Waals surface area contributed by atoms with E-state index in [0.717, 1.165) is 45.7 Å². The largest absolute Gasteiger partial charge is 0.496 e. The van der Waals surface area contributed by atoms with Gasteiger partial charge in [0.1, 0.15) is 5.75 Å². The molecular formula is C23H28N2O3. The lowest BCUT2D eigenvalue weighted by Gasteiger charge is -2.49. The number of benzene rings is 2. The summed E-state index contributed by atoms with van der Waals surface area (Å²) >= 11 is 0. The van der Waals surface area contributed by atoms with Gasteiger partial charge in [-0.25, -0.2) is 0 Å². The number of carbonyl (C=O) groups excluding carboxylic acids is 1. The molecule has 5 heteroatoms. The van der Waals surface area contributed by atoms with Gasteiger partial charge in [-0.1, -0.05) is 42.5 Å². The van der Waals surface area contributed by atoms with Crippen molar-refractivity contribution in [3.05, 3.63) is 65.7 Å². The van der Waals surface area contributed by atoms with Gasteiger partial charge in [0.25, 0.3) is 5.91 Å². The quantitative estimate of drug-likeness (QED) is 0.772. The zero-order valence-corrected chi connectivity index (χ0v) is 16.4. The van der Waals surface area contributed by atoms with Gasteiger partial charge in [0, 0.05) is 44.9 Å². The van der Waals surface area contributed by atoms with Gasteiger partial charge in [0.2, 0.25) is 0 Å². The fraction of sp³-hybridized carbons (Fsp3) is 0.435. The van der Waals surface area contributed by atoms with Gasteiger partial charge < -0.3 is 14.4 Å². The number of carbonyl (C=O) groups is 1. The molecule has 2 heterocycles. The SMILES string of the molecule is COc1ccccc1C(=O)N1CC(N(Cc2ccccc2)C2CCOCC2)C1. The Morgan fingerprint density at radius 2 is 1.71 bits per heavy atom. The first kappa shape index (κ1) is 19.0. The Morgan fingerprint density at radius 3 is 2.43 bits per heavy atom. The number of rotatable bonds is 6. The first-order chi connectivity index (χ1) is 13.8. The van der Waals surface area contributed by atoms with Crippen LogP contribution in [-0.4, -0.2) is 61.2 Å². The number of hydrogen-bond acceptors (Lipinski definition) is 4. The molecule has 0 N–H and O–H groups in total. The molecule has 0 bridgehead atoms. The molecule has 5 nitrogen and oxygen atoms in total. The molecule has 0 radical (unpaired) electrons. The van der Waals surface area contributed by atoms with Gasteiger partial charge in [-0.15, -0.1) is 0 Å². The number of ether oxygens (including phenoxy) is 2. The molecule has 28 heavy (non-hydrogen) atoms. The Balaban J connectivity index is 1.44. The fourth-order valence-corrected chi connectivity index (χ4v) is 4.19. The van der Waals surface area contributed by atoms with Gasteiger partial charge in [-0.3, -0.25) is 9.69 Å². The van der Waals surface area contributed by atoms with Crippen molar-refractivity contribution < 1.29 is 14.3 Å². The van der Waals surface area contributed by atoms with E-state index in [0.29, 0.717) is 23.4 Å². The van der Waals surface area contributed by atoms with E-state index in [2.05, 4.69) is 35.2 Å². The third-order valence-electron chi connectivity index (χ3n) is 5.82. The first-order valence-electron chi connectivity index (χ1n) is 10.1. The van der Waals surface area contributed by atoms with Gasteiger partial charge in [0.05, 0.1) is 12.7 Å². The Hall–Kier alpha value is -2.37. The number of hydrogen-bond donors (Lipinski definition) is 0. The molecule has 2 aromatic carbocycles. The average molecular weight is 380 g/mol. The summed E-state index contributed by atoms with van der Waals surface area (Å²) in [5.41, 5.74) is 1.97. The smallest absolute Gasteiger partial charge is 0.257 e. The van der Waals surface area contributed by atoms with Crippen molar-refractivity contribution in [1.29, 1.82) is 0 Å². The molecule has 0 atom stereocenters. The van der Waals surface area contributed by atoms with Crippen LogP contribution in [0, 0.1) is 0 Å². The normalized spacial score (nSPS) is 18.1. The van der Waals surface area contributed by atoms with Crippen molar-refractivity contribution in [3.8, 4) is 5.75 Å². The lowest BCUT2D eigenvalue weighted by Crippen LogP contribution is -2.63. The lowest BCUT2D eigenvalue weighted by atomic mass is 9.98. The molecule has 0 saturated carbocycles. The van der Waals surface area contributed by atoms with E-state index in [-0.39, 0.29) is 5.91 Å². The predicted molar refractivity (Wildman–Crippen MR) is 109 cm³/mol. The molecule has 0 aliphatic carbocycles. The molecule has 0 unspecified atom stereocenters. The highest BCUT2D eigenvalue weighted by Crippen LogP contribution is 2.28. The van der Waals surface area contributed by atoms with Crippen molar-refractivity contribution in [1.82, 2.24) is 9.80 Å². The van der Waals surface area contributed by atoms with Crippen molar-refractivity contribution in [3.63, 3.8) is 0 Å². The van der Waals surface area contributed by atoms with Gasteiger partial charge >= 0.3 is 0 Å². The summed E-state index contributed by atoms with van der Waals surface area (Å²) in [5, 5.41) is 0. The van der Waals surface area contributed by atoms with Crippen LogP contribution in [0.2, 0.25) is 0 Å². The summed E-state index contributed by atoms with van der Waals surface area (Å²) < 4.78 is 10.9. The second-order valence-electron chi connectivity index (χ2n) is 7.57. The maximum atomic E-state index is 12.9. The van der Waals surface area contributed by atoms with Crippen LogP contribution < -0.4 is 4.74 Å². The number of likely N-dealkylation sites (tertiary alicyclic amines) is 1. The Bertz CT molecular complexity index is 783. The minimum absolute atomic E-state index is 0.0559. The van der Waals surface area contributed by atoms with E-state index < -0.39 is 0 Å². The summed E-state index contributed by atoms with van der Waals surface area (Å²) in [5.74, 6) is 0.696. The Labute approximate surface area is 166 Å². The number of para-hydroxylation sites is 1. The van der Waals surface area contributed by atoms with Crippen molar-refractivity contribution in [2.75, 3.05) is 33.4 Å². The molecule has 1 amide bonds. The van der Waals surface area contributed by atoms with E-state index in [4.69, 9.17) is 9.47 Å². The zero-order chi connectivity index (χ0) is 19.3. The maximum Gasteiger partial charge on any atom is 0.257 e. The third kappa shape index (κ3) is 4.05. The van der Waals surface area contributed by atoms with Gasteiger partial charge in [-0.05, 0) is 30.5 Å². The third-order valence-corrected chi connectivity index (χ3v) is 5.82. The first-order valence-corrected chi connectivity index (χ1v) is 10.1. The molecule has 0 aromatic heterocycles. The van der Waals surface area contributed by atoms with Gasteiger partial charge in [0.15, 0.2) is 0 Å². The summed E-state index contributed by atoms with van der Waals surface area (Å²) in [6, 6.07) is 19.0. The molecule has 2 aromatic rings. The standard InChI is InChI=1S/C23H28N2O3/c1-27-22-10-6-5-9-21(22)23(26)24-16-20(17-24)25(19-11-13-28-14-12-19)15-18-7-3-2-4-8-18/h2-10,19-20H,11-17H2,1H3. The minimum Gasteiger partial charge on any atom is -0.496 e. The topological polar surface area (TPSA) is 42.0 Å². The highest BCUT2D eigenvalue weighted by atomic mass is 16.5. The van der Waals surface area contributed by atoms with Gasteiger partial charge in [-0.2, -0.15) is 0 Å². The van der Waals surface area contributed by atoms with Crippen LogP contribution >= 0.6 is 0 Å². The van der Waals surface area contributed by atoms with E-state index in [1.54, 1.807) is 7.11 Å². The van der Waals surface area contributed by atoms with Crippen LogP contribution in [0.3, 0.4) is 0 Å². The van der Waals surface area contributed by atoms with Crippen LogP contribution in [0.1, 0.15) is 28.8 Å². The highest BCUT2D eigenvalue weighted by molar-refractivity contribution is 5.97. The summed E-state index contributed by atoms with van der Waals surface area (Å²) in [7, 11) is 1.61. The monoisotopic (exact) mass is 380 g/mol. The summed E-state index contributed by atoms with van der Waals surface area (Å²) in [4.78, 5) is 17.4. The van der Waals surface area contributed by atoms with E-state index in [9.17, 15) is 4.79 Å². The molecule has 2 saturated heterocycles. The summed E-state index contributed by atoms with van der Waals surface area (Å²) in [6.07, 6.45) is 2.12. The Kier molecular flexibility index (Phi) is 5.93. The lowest BCUT2D eigenvalue weighted by molar-refractivity contribution is -0.0290. The molecular weight excluding hydrogens is 352 g/mol. The zero-order valence-electron chi connectivity index (χ0n) is 16.4. The minimum atomic E-state index is 0.0559. The van der Waals surface area contributed by atoms with E-state index in [1.807, 2.05) is 29.2 Å². The van der Waals surface area contributed by atoms with Crippen LogP contribution in [0.5, 0.6) is 5.75 Å². The molecule has 4 rings (SSSR count). The average Bonchev–Trinajstić information content (AvgIpc) is 2.73. The second kappa shape index (κ2) is 8.76. The summed E-state index contributed by atoms with van der Waals surface area (Å²) in [6.45, 7) is 4.11. The van der Waals surface area contributed by atoms with Crippen molar-refractivity contribution in [2.24, 2.45) is 0 Å². The highest BCUT2D eigenvalue weighted by Gasteiger charge is 2.39. The van der Waals surface area contributed by atoms with E-state index in [1.165, 1.54) is 5.56 Å². The van der Waals surface area contributed by atoms with Crippen molar-refractivity contribution in [2.45, 2.75) is 31.5 Å².